The number of aromatic nitrogens is 2. The number of amides is 2. The number of benzene rings is 2. The van der Waals surface area contributed by atoms with E-state index < -0.39 is 0 Å². The van der Waals surface area contributed by atoms with Crippen molar-refractivity contribution in [3.63, 3.8) is 0 Å². The van der Waals surface area contributed by atoms with Gasteiger partial charge in [-0.05, 0) is 49.2 Å². The summed E-state index contributed by atoms with van der Waals surface area (Å²) in [5.74, 6) is 1.33. The average Bonchev–Trinajstić information content (AvgIpc) is 3.21. The molecule has 2 saturated heterocycles. The molecular formula is C27H32ClN5O2. The van der Waals surface area contributed by atoms with E-state index in [1.54, 1.807) is 6.92 Å². The van der Waals surface area contributed by atoms with Gasteiger partial charge in [0.05, 0.1) is 23.5 Å². The Bertz CT molecular complexity index is 1200. The molecule has 3 aromatic rings. The molecule has 0 radical (unpaired) electrons. The fourth-order valence-corrected chi connectivity index (χ4v) is 5.42. The van der Waals surface area contributed by atoms with Gasteiger partial charge >= 0.3 is 0 Å². The van der Waals surface area contributed by atoms with Crippen LogP contribution in [-0.4, -0.2) is 75.3 Å². The minimum Gasteiger partial charge on any atom is -0.339 e. The molecule has 0 unspecified atom stereocenters. The Morgan fingerprint density at radius 1 is 0.943 bits per heavy atom. The summed E-state index contributed by atoms with van der Waals surface area (Å²) in [5.41, 5.74) is 3.28. The predicted octanol–water partition coefficient (Wildman–Crippen LogP) is 3.64. The van der Waals surface area contributed by atoms with Gasteiger partial charge in [-0.3, -0.25) is 14.5 Å². The highest BCUT2D eigenvalue weighted by Crippen LogP contribution is 2.24. The molecule has 2 amide bonds. The Labute approximate surface area is 211 Å². The van der Waals surface area contributed by atoms with E-state index in [4.69, 9.17) is 16.6 Å². The molecule has 2 aliphatic heterocycles. The van der Waals surface area contributed by atoms with Crippen LogP contribution in [0.15, 0.2) is 48.5 Å². The predicted molar refractivity (Wildman–Crippen MR) is 137 cm³/mol. The molecule has 3 heterocycles. The van der Waals surface area contributed by atoms with Crippen molar-refractivity contribution in [1.82, 2.24) is 24.3 Å². The summed E-state index contributed by atoms with van der Waals surface area (Å²) in [7, 11) is 0. The molecule has 0 N–H and O–H groups in total. The van der Waals surface area contributed by atoms with Crippen molar-refractivity contribution >= 4 is 34.4 Å². The van der Waals surface area contributed by atoms with Gasteiger partial charge in [0.15, 0.2) is 0 Å². The number of hydrogen-bond donors (Lipinski definition) is 0. The van der Waals surface area contributed by atoms with Gasteiger partial charge in [-0.25, -0.2) is 4.98 Å². The third kappa shape index (κ3) is 5.36. The summed E-state index contributed by atoms with van der Waals surface area (Å²) in [6, 6.07) is 16.2. The minimum atomic E-state index is 0.00159. The number of imidazole rings is 1. The van der Waals surface area contributed by atoms with Gasteiger partial charge in [0, 0.05) is 51.2 Å². The molecule has 2 aliphatic rings. The second kappa shape index (κ2) is 10.4. The molecule has 184 valence electrons. The smallest absolute Gasteiger partial charge is 0.227 e. The van der Waals surface area contributed by atoms with Crippen molar-refractivity contribution in [3.05, 3.63) is 64.9 Å². The van der Waals surface area contributed by atoms with Crippen molar-refractivity contribution in [2.24, 2.45) is 5.92 Å². The molecular weight excluding hydrogens is 462 g/mol. The zero-order valence-electron chi connectivity index (χ0n) is 20.2. The second-order valence-electron chi connectivity index (χ2n) is 9.63. The monoisotopic (exact) mass is 493 g/mol. The van der Waals surface area contributed by atoms with Crippen LogP contribution in [0.25, 0.3) is 11.0 Å². The lowest BCUT2D eigenvalue weighted by Crippen LogP contribution is -2.53. The van der Waals surface area contributed by atoms with Crippen LogP contribution in [0.1, 0.15) is 31.2 Å². The lowest BCUT2D eigenvalue weighted by atomic mass is 9.96. The van der Waals surface area contributed by atoms with Crippen LogP contribution in [0.4, 0.5) is 0 Å². The number of halogens is 1. The van der Waals surface area contributed by atoms with Crippen molar-refractivity contribution in [3.8, 4) is 0 Å². The van der Waals surface area contributed by atoms with Crippen molar-refractivity contribution in [2.75, 3.05) is 39.3 Å². The van der Waals surface area contributed by atoms with Gasteiger partial charge in [0.25, 0.3) is 0 Å². The number of carbonyl (C=O) groups excluding carboxylic acids is 2. The lowest BCUT2D eigenvalue weighted by molar-refractivity contribution is -0.142. The lowest BCUT2D eigenvalue weighted by Gasteiger charge is -2.38. The highest BCUT2D eigenvalue weighted by Gasteiger charge is 2.32. The maximum atomic E-state index is 13.3. The molecule has 2 fully saturated rings. The molecule has 0 bridgehead atoms. The Morgan fingerprint density at radius 3 is 2.40 bits per heavy atom. The Kier molecular flexibility index (Phi) is 7.07. The van der Waals surface area contributed by atoms with E-state index in [0.717, 1.165) is 54.4 Å². The molecule has 2 aromatic carbocycles. The Morgan fingerprint density at radius 2 is 1.66 bits per heavy atom. The van der Waals surface area contributed by atoms with E-state index in [2.05, 4.69) is 33.7 Å². The van der Waals surface area contributed by atoms with E-state index in [1.165, 1.54) is 5.56 Å². The zero-order chi connectivity index (χ0) is 24.4. The maximum absolute atomic E-state index is 13.3. The first-order valence-electron chi connectivity index (χ1n) is 12.4. The topological polar surface area (TPSA) is 61.7 Å². The first-order valence-corrected chi connectivity index (χ1v) is 12.8. The number of rotatable bonds is 5. The summed E-state index contributed by atoms with van der Waals surface area (Å²) in [4.78, 5) is 36.0. The number of fused-ring (bicyclic) bond motifs is 1. The average molecular weight is 494 g/mol. The van der Waals surface area contributed by atoms with Crippen LogP contribution < -0.4 is 0 Å². The normalized spacial score (nSPS) is 19.3. The van der Waals surface area contributed by atoms with Crippen LogP contribution in [0.3, 0.4) is 0 Å². The summed E-state index contributed by atoms with van der Waals surface area (Å²) >= 11 is 6.09. The van der Waals surface area contributed by atoms with E-state index in [1.807, 2.05) is 34.1 Å². The van der Waals surface area contributed by atoms with Gasteiger partial charge in [-0.1, -0.05) is 35.9 Å². The van der Waals surface area contributed by atoms with Crippen LogP contribution in [0.2, 0.25) is 5.02 Å². The van der Waals surface area contributed by atoms with Gasteiger partial charge in [0.1, 0.15) is 5.82 Å². The highest BCUT2D eigenvalue weighted by atomic mass is 35.5. The molecule has 1 atom stereocenters. The van der Waals surface area contributed by atoms with Crippen LogP contribution in [0.5, 0.6) is 0 Å². The third-order valence-corrected chi connectivity index (χ3v) is 7.50. The molecule has 7 nitrogen and oxygen atoms in total. The highest BCUT2D eigenvalue weighted by molar-refractivity contribution is 6.30. The zero-order valence-corrected chi connectivity index (χ0v) is 21.0. The summed E-state index contributed by atoms with van der Waals surface area (Å²) < 4.78 is 2.28. The van der Waals surface area contributed by atoms with Crippen molar-refractivity contribution in [2.45, 2.75) is 32.9 Å². The third-order valence-electron chi connectivity index (χ3n) is 7.24. The van der Waals surface area contributed by atoms with E-state index >= 15 is 0 Å². The molecule has 1 aromatic heterocycles. The molecule has 35 heavy (non-hydrogen) atoms. The van der Waals surface area contributed by atoms with Gasteiger partial charge < -0.3 is 14.4 Å². The van der Waals surface area contributed by atoms with Gasteiger partial charge in [0.2, 0.25) is 11.8 Å². The van der Waals surface area contributed by atoms with Crippen LogP contribution in [-0.2, 0) is 22.7 Å². The van der Waals surface area contributed by atoms with E-state index in [0.29, 0.717) is 32.7 Å². The first kappa shape index (κ1) is 23.8. The number of piperidine rings is 1. The Hall–Kier alpha value is -2.90. The standard InChI is InChI=1S/C27H32ClN5O2/c1-20(34)31-13-15-32(16-14-31)27(35)22-5-4-12-30(18-22)19-26-29-24-6-2-3-7-25(24)33(26)17-21-8-10-23(28)11-9-21/h2-3,6-11,22H,4-5,12-19H2,1H3/t22-/m0/s1. The largest absolute Gasteiger partial charge is 0.339 e. The number of piperazine rings is 1. The van der Waals surface area contributed by atoms with Crippen LogP contribution >= 0.6 is 11.6 Å². The molecule has 0 spiro atoms. The fourth-order valence-electron chi connectivity index (χ4n) is 5.30. The van der Waals surface area contributed by atoms with Gasteiger partial charge in [-0.15, -0.1) is 0 Å². The van der Waals surface area contributed by atoms with Crippen LogP contribution in [0, 0.1) is 5.92 Å². The summed E-state index contributed by atoms with van der Waals surface area (Å²) in [6.45, 7) is 7.27. The van der Waals surface area contributed by atoms with Crippen molar-refractivity contribution < 1.29 is 9.59 Å². The SMILES string of the molecule is CC(=O)N1CCN(C(=O)[C@H]2CCCN(Cc3nc4ccccc4n3Cc3ccc(Cl)cc3)C2)CC1. The molecule has 0 saturated carbocycles. The fraction of sp³-hybridized carbons (Fsp3) is 0.444. The minimum absolute atomic E-state index is 0.00159. The quantitative estimate of drug-likeness (QED) is 0.544. The Balaban J connectivity index is 1.29. The summed E-state index contributed by atoms with van der Waals surface area (Å²) in [5, 5.41) is 0.733. The van der Waals surface area contributed by atoms with E-state index in [9.17, 15) is 9.59 Å². The van der Waals surface area contributed by atoms with Gasteiger partial charge in [-0.2, -0.15) is 0 Å². The molecule has 8 heteroatoms. The molecule has 5 rings (SSSR count). The molecule has 0 aliphatic carbocycles. The number of hydrogen-bond acceptors (Lipinski definition) is 4. The van der Waals surface area contributed by atoms with E-state index in [-0.39, 0.29) is 17.7 Å². The number of likely N-dealkylation sites (tertiary alicyclic amines) is 1. The summed E-state index contributed by atoms with van der Waals surface area (Å²) in [6.07, 6.45) is 1.92. The first-order chi connectivity index (χ1) is 17.0. The number of carbonyl (C=O) groups is 2. The number of para-hydroxylation sites is 2. The van der Waals surface area contributed by atoms with Crippen molar-refractivity contribution in [1.29, 1.82) is 0 Å². The maximum Gasteiger partial charge on any atom is 0.227 e. The number of nitrogens with zero attached hydrogens (tertiary/aromatic N) is 5. The second-order valence-corrected chi connectivity index (χ2v) is 10.1.